The highest BCUT2D eigenvalue weighted by Gasteiger charge is 2.03. The minimum absolute atomic E-state index is 0.110. The summed E-state index contributed by atoms with van der Waals surface area (Å²) >= 11 is 6.09. The highest BCUT2D eigenvalue weighted by atomic mass is 35.5. The summed E-state index contributed by atoms with van der Waals surface area (Å²) in [6.45, 7) is 1.46. The van der Waals surface area contributed by atoms with Crippen molar-refractivity contribution in [2.75, 3.05) is 10.6 Å². The summed E-state index contributed by atoms with van der Waals surface area (Å²) in [5.74, 6) is -0.110. The average molecular weight is 286 g/mol. The van der Waals surface area contributed by atoms with Crippen molar-refractivity contribution in [3.8, 4) is 6.07 Å². The zero-order chi connectivity index (χ0) is 14.5. The van der Waals surface area contributed by atoms with Gasteiger partial charge >= 0.3 is 0 Å². The molecule has 2 aromatic rings. The molecule has 0 saturated heterocycles. The van der Waals surface area contributed by atoms with Gasteiger partial charge in [0.15, 0.2) is 0 Å². The number of carbonyl (C=O) groups is 1. The maximum absolute atomic E-state index is 10.9. The molecule has 0 unspecified atom stereocenters. The van der Waals surface area contributed by atoms with Gasteiger partial charge in [0, 0.05) is 18.3 Å². The van der Waals surface area contributed by atoms with Crippen LogP contribution in [0.1, 0.15) is 12.5 Å². The number of anilines is 3. The zero-order valence-electron chi connectivity index (χ0n) is 10.8. The normalized spacial score (nSPS) is 9.65. The van der Waals surface area contributed by atoms with Crippen LogP contribution in [0.15, 0.2) is 42.5 Å². The van der Waals surface area contributed by atoms with Crippen LogP contribution in [0.3, 0.4) is 0 Å². The largest absolute Gasteiger partial charge is 0.354 e. The Morgan fingerprint density at radius 2 is 1.80 bits per heavy atom. The van der Waals surface area contributed by atoms with Crippen LogP contribution in [0.4, 0.5) is 17.1 Å². The van der Waals surface area contributed by atoms with Crippen LogP contribution in [0, 0.1) is 11.3 Å². The molecule has 2 aromatic carbocycles. The number of hydrogen-bond acceptors (Lipinski definition) is 3. The molecule has 100 valence electrons. The van der Waals surface area contributed by atoms with Crippen LogP contribution < -0.4 is 10.6 Å². The van der Waals surface area contributed by atoms with E-state index < -0.39 is 0 Å². The first-order chi connectivity index (χ1) is 9.58. The van der Waals surface area contributed by atoms with E-state index in [2.05, 4.69) is 10.6 Å². The quantitative estimate of drug-likeness (QED) is 0.898. The van der Waals surface area contributed by atoms with Crippen molar-refractivity contribution in [3.05, 3.63) is 53.1 Å². The van der Waals surface area contributed by atoms with E-state index in [1.807, 2.05) is 18.2 Å². The van der Waals surface area contributed by atoms with Gasteiger partial charge in [0.2, 0.25) is 5.91 Å². The summed E-state index contributed by atoms with van der Waals surface area (Å²) in [7, 11) is 0. The van der Waals surface area contributed by atoms with Gasteiger partial charge in [0.05, 0.1) is 22.3 Å². The predicted octanol–water partition coefficient (Wildman–Crippen LogP) is 3.91. The molecule has 2 N–H and O–H groups in total. The van der Waals surface area contributed by atoms with E-state index >= 15 is 0 Å². The van der Waals surface area contributed by atoms with Gasteiger partial charge in [0.25, 0.3) is 0 Å². The molecule has 0 fully saturated rings. The SMILES string of the molecule is CC(=O)Nc1ccc(Nc2ccc(C#N)cc2Cl)cc1. The molecule has 0 spiro atoms. The molecule has 0 aliphatic carbocycles. The van der Waals surface area contributed by atoms with Crippen molar-refractivity contribution < 1.29 is 4.79 Å². The molecule has 1 amide bonds. The Morgan fingerprint density at radius 3 is 2.35 bits per heavy atom. The summed E-state index contributed by atoms with van der Waals surface area (Å²) in [4.78, 5) is 10.9. The van der Waals surface area contributed by atoms with Crippen molar-refractivity contribution in [2.24, 2.45) is 0 Å². The number of nitrogens with zero attached hydrogens (tertiary/aromatic N) is 1. The van der Waals surface area contributed by atoms with Crippen LogP contribution in [0.2, 0.25) is 5.02 Å². The second-order valence-electron chi connectivity index (χ2n) is 4.19. The van der Waals surface area contributed by atoms with Crippen LogP contribution in [-0.4, -0.2) is 5.91 Å². The molecular formula is C15H12ClN3O. The van der Waals surface area contributed by atoms with Crippen LogP contribution >= 0.6 is 11.6 Å². The molecule has 0 aromatic heterocycles. The van der Waals surface area contributed by atoms with Gasteiger partial charge in [-0.15, -0.1) is 0 Å². The summed E-state index contributed by atoms with van der Waals surface area (Å²) in [5, 5.41) is 15.1. The second kappa shape index (κ2) is 6.09. The Labute approximate surface area is 122 Å². The number of rotatable bonds is 3. The third kappa shape index (κ3) is 3.50. The molecule has 0 saturated carbocycles. The lowest BCUT2D eigenvalue weighted by Crippen LogP contribution is -2.05. The number of nitriles is 1. The molecule has 0 bridgehead atoms. The van der Waals surface area contributed by atoms with Crippen molar-refractivity contribution in [1.82, 2.24) is 0 Å². The lowest BCUT2D eigenvalue weighted by Gasteiger charge is -2.09. The van der Waals surface area contributed by atoms with E-state index in [0.717, 1.165) is 17.1 Å². The van der Waals surface area contributed by atoms with Gasteiger partial charge in [-0.2, -0.15) is 5.26 Å². The minimum atomic E-state index is -0.110. The number of hydrogen-bond donors (Lipinski definition) is 2. The first kappa shape index (κ1) is 13.9. The van der Waals surface area contributed by atoms with Crippen LogP contribution in [0.5, 0.6) is 0 Å². The summed E-state index contributed by atoms with van der Waals surface area (Å²) in [6, 6.07) is 14.3. The fraction of sp³-hybridized carbons (Fsp3) is 0.0667. The third-order valence-corrected chi connectivity index (χ3v) is 2.90. The fourth-order valence-electron chi connectivity index (χ4n) is 1.68. The van der Waals surface area contributed by atoms with Gasteiger partial charge < -0.3 is 10.6 Å². The molecule has 0 heterocycles. The van der Waals surface area contributed by atoms with Crippen molar-refractivity contribution in [3.63, 3.8) is 0 Å². The predicted molar refractivity (Wildman–Crippen MR) is 80.2 cm³/mol. The monoisotopic (exact) mass is 285 g/mol. The van der Waals surface area contributed by atoms with E-state index in [0.29, 0.717) is 10.6 Å². The Morgan fingerprint density at radius 1 is 1.15 bits per heavy atom. The van der Waals surface area contributed by atoms with Crippen LogP contribution in [-0.2, 0) is 4.79 Å². The second-order valence-corrected chi connectivity index (χ2v) is 4.60. The Hall–Kier alpha value is -2.51. The Bertz CT molecular complexity index is 675. The van der Waals surface area contributed by atoms with E-state index in [4.69, 9.17) is 16.9 Å². The summed E-state index contributed by atoms with van der Waals surface area (Å²) in [6.07, 6.45) is 0. The first-order valence-electron chi connectivity index (χ1n) is 5.93. The molecule has 4 nitrogen and oxygen atoms in total. The van der Waals surface area contributed by atoms with E-state index in [-0.39, 0.29) is 5.91 Å². The lowest BCUT2D eigenvalue weighted by molar-refractivity contribution is -0.114. The highest BCUT2D eigenvalue weighted by Crippen LogP contribution is 2.26. The molecule has 0 aliphatic heterocycles. The highest BCUT2D eigenvalue weighted by molar-refractivity contribution is 6.33. The fourth-order valence-corrected chi connectivity index (χ4v) is 1.91. The van der Waals surface area contributed by atoms with Crippen molar-refractivity contribution in [2.45, 2.75) is 6.92 Å². The Balaban J connectivity index is 2.14. The maximum atomic E-state index is 10.9. The number of benzene rings is 2. The number of carbonyl (C=O) groups excluding carboxylic acids is 1. The molecule has 2 rings (SSSR count). The molecule has 5 heteroatoms. The van der Waals surface area contributed by atoms with Crippen molar-refractivity contribution in [1.29, 1.82) is 5.26 Å². The average Bonchev–Trinajstić information content (AvgIpc) is 2.42. The third-order valence-electron chi connectivity index (χ3n) is 2.58. The van der Waals surface area contributed by atoms with Gasteiger partial charge in [-0.1, -0.05) is 11.6 Å². The van der Waals surface area contributed by atoms with Crippen molar-refractivity contribution >= 4 is 34.6 Å². The van der Waals surface area contributed by atoms with Gasteiger partial charge in [-0.25, -0.2) is 0 Å². The molecular weight excluding hydrogens is 274 g/mol. The summed E-state index contributed by atoms with van der Waals surface area (Å²) in [5.41, 5.74) is 2.80. The number of halogens is 1. The van der Waals surface area contributed by atoms with Gasteiger partial charge in [0.1, 0.15) is 0 Å². The topological polar surface area (TPSA) is 64.9 Å². The number of nitrogens with one attached hydrogen (secondary N) is 2. The molecule has 20 heavy (non-hydrogen) atoms. The number of amides is 1. The summed E-state index contributed by atoms with van der Waals surface area (Å²) < 4.78 is 0. The van der Waals surface area contributed by atoms with E-state index in [1.54, 1.807) is 30.3 Å². The van der Waals surface area contributed by atoms with E-state index in [9.17, 15) is 4.79 Å². The maximum Gasteiger partial charge on any atom is 0.221 e. The zero-order valence-corrected chi connectivity index (χ0v) is 11.5. The van der Waals surface area contributed by atoms with Crippen LogP contribution in [0.25, 0.3) is 0 Å². The van der Waals surface area contributed by atoms with E-state index in [1.165, 1.54) is 6.92 Å². The first-order valence-corrected chi connectivity index (χ1v) is 6.30. The molecule has 0 radical (unpaired) electrons. The standard InChI is InChI=1S/C15H12ClN3O/c1-10(20)18-12-3-5-13(6-4-12)19-15-7-2-11(9-17)8-14(15)16/h2-8,19H,1H3,(H,18,20). The Kier molecular flexibility index (Phi) is 4.24. The molecule has 0 atom stereocenters. The smallest absolute Gasteiger partial charge is 0.221 e. The molecule has 0 aliphatic rings. The van der Waals surface area contributed by atoms with Gasteiger partial charge in [-0.05, 0) is 42.5 Å². The minimum Gasteiger partial charge on any atom is -0.354 e. The lowest BCUT2D eigenvalue weighted by atomic mass is 10.2. The van der Waals surface area contributed by atoms with Gasteiger partial charge in [-0.3, -0.25) is 4.79 Å².